The van der Waals surface area contributed by atoms with Crippen LogP contribution in [0.3, 0.4) is 0 Å². The summed E-state index contributed by atoms with van der Waals surface area (Å²) in [5.74, 6) is 0.793. The van der Waals surface area contributed by atoms with Crippen LogP contribution in [0.5, 0.6) is 0 Å². The van der Waals surface area contributed by atoms with E-state index in [9.17, 15) is 4.79 Å². The van der Waals surface area contributed by atoms with Crippen LogP contribution in [0.4, 0.5) is 5.82 Å². The molecule has 0 aromatic carbocycles. The molecule has 3 aromatic rings. The average Bonchev–Trinajstić information content (AvgIpc) is 3.07. The van der Waals surface area contributed by atoms with Crippen molar-refractivity contribution in [1.82, 2.24) is 14.4 Å². The number of hydrogen-bond acceptors (Lipinski definition) is 3. The lowest BCUT2D eigenvalue weighted by molar-refractivity contribution is -0.116. The standard InChI is InChI=1S/C23H28N5O/c1-17-15-18(2)28-21(16-17)26-22(20-11-7-9-13-25-20)23(28)27(19(3)29)14-10-6-5-8-12-24-4/h4,7,9,11,13,15-16H,5-6,8,10,12,14H2,1-3H3/q+1. The van der Waals surface area contributed by atoms with Gasteiger partial charge in [0.15, 0.2) is 0 Å². The number of aryl methyl sites for hydroxylation is 2. The van der Waals surface area contributed by atoms with Gasteiger partial charge in [-0.05, 0) is 56.5 Å². The number of imidazole rings is 1. The smallest absolute Gasteiger partial charge is 0.263 e. The molecule has 6 nitrogen and oxygen atoms in total. The van der Waals surface area contributed by atoms with E-state index in [1.54, 1.807) is 13.1 Å². The van der Waals surface area contributed by atoms with Crippen LogP contribution >= 0.6 is 0 Å². The topological polar surface area (TPSA) is 54.9 Å². The number of rotatable bonds is 8. The van der Waals surface area contributed by atoms with Gasteiger partial charge < -0.3 is 0 Å². The fourth-order valence-electron chi connectivity index (χ4n) is 3.68. The highest BCUT2D eigenvalue weighted by Gasteiger charge is 2.24. The monoisotopic (exact) mass is 390 g/mol. The number of anilines is 1. The third-order valence-corrected chi connectivity index (χ3v) is 4.99. The fraction of sp³-hybridized carbons (Fsp3) is 0.391. The SMILES string of the molecule is C#[N+]CCCCCCN(C(C)=O)c1c(-c2ccccn2)nc2cc(C)cc(C)n12. The van der Waals surface area contributed by atoms with Gasteiger partial charge in [-0.2, -0.15) is 0 Å². The Morgan fingerprint density at radius 1 is 1.17 bits per heavy atom. The molecule has 0 spiro atoms. The van der Waals surface area contributed by atoms with E-state index in [0.29, 0.717) is 13.1 Å². The van der Waals surface area contributed by atoms with Gasteiger partial charge >= 0.3 is 0 Å². The second kappa shape index (κ2) is 9.33. The molecule has 0 aliphatic heterocycles. The highest BCUT2D eigenvalue weighted by molar-refractivity contribution is 5.95. The number of unbranched alkanes of at least 4 members (excludes halogenated alkanes) is 3. The van der Waals surface area contributed by atoms with Crippen molar-refractivity contribution in [2.24, 2.45) is 0 Å². The molecule has 6 heteroatoms. The van der Waals surface area contributed by atoms with E-state index in [1.807, 2.05) is 36.1 Å². The number of hydrogen-bond donors (Lipinski definition) is 0. The number of aromatic nitrogens is 3. The van der Waals surface area contributed by atoms with Gasteiger partial charge in [-0.3, -0.25) is 19.1 Å². The Morgan fingerprint density at radius 2 is 1.97 bits per heavy atom. The third-order valence-electron chi connectivity index (χ3n) is 4.99. The zero-order chi connectivity index (χ0) is 20.8. The minimum Gasteiger partial charge on any atom is -0.296 e. The lowest BCUT2D eigenvalue weighted by Gasteiger charge is -2.22. The predicted octanol–water partition coefficient (Wildman–Crippen LogP) is 4.89. The maximum Gasteiger partial charge on any atom is 0.263 e. The summed E-state index contributed by atoms with van der Waals surface area (Å²) in [6.45, 7) is 12.2. The molecule has 3 rings (SSSR count). The van der Waals surface area contributed by atoms with Crippen molar-refractivity contribution in [3.63, 3.8) is 0 Å². The van der Waals surface area contributed by atoms with E-state index >= 15 is 0 Å². The van der Waals surface area contributed by atoms with Crippen LogP contribution in [0.25, 0.3) is 21.9 Å². The molecule has 3 aromatic heterocycles. The van der Waals surface area contributed by atoms with Crippen molar-refractivity contribution in [2.45, 2.75) is 46.5 Å². The average molecular weight is 391 g/mol. The van der Waals surface area contributed by atoms with Gasteiger partial charge in [0.2, 0.25) is 5.91 Å². The third kappa shape index (κ3) is 4.62. The zero-order valence-electron chi connectivity index (χ0n) is 17.4. The molecule has 0 saturated heterocycles. The first-order valence-corrected chi connectivity index (χ1v) is 10.1. The number of fused-ring (bicyclic) bond motifs is 1. The largest absolute Gasteiger partial charge is 0.296 e. The molecule has 0 aliphatic rings. The Balaban J connectivity index is 2.02. The van der Waals surface area contributed by atoms with E-state index < -0.39 is 0 Å². The molecule has 0 bridgehead atoms. The predicted molar refractivity (Wildman–Crippen MR) is 118 cm³/mol. The summed E-state index contributed by atoms with van der Waals surface area (Å²) in [5.41, 5.74) is 4.50. The van der Waals surface area contributed by atoms with Gasteiger partial charge in [-0.25, -0.2) is 4.98 Å². The molecule has 0 saturated carbocycles. The van der Waals surface area contributed by atoms with Crippen LogP contribution in [0.15, 0.2) is 36.5 Å². The Hall–Kier alpha value is -3.20. The summed E-state index contributed by atoms with van der Waals surface area (Å²) < 4.78 is 2.06. The molecule has 150 valence electrons. The highest BCUT2D eigenvalue weighted by atomic mass is 16.2. The molecule has 0 fully saturated rings. The molecule has 1 amide bonds. The number of carbonyl (C=O) groups is 1. The number of nitrogens with zero attached hydrogens (tertiary/aromatic N) is 5. The number of carbonyl (C=O) groups excluding carboxylic acids is 1. The van der Waals surface area contributed by atoms with Crippen molar-refractivity contribution in [3.8, 4) is 18.0 Å². The lowest BCUT2D eigenvalue weighted by Crippen LogP contribution is -2.31. The van der Waals surface area contributed by atoms with Crippen molar-refractivity contribution < 1.29 is 4.79 Å². The van der Waals surface area contributed by atoms with E-state index in [1.165, 1.54) is 0 Å². The molecule has 0 unspecified atom stereocenters. The van der Waals surface area contributed by atoms with E-state index in [0.717, 1.165) is 59.8 Å². The first-order chi connectivity index (χ1) is 14.0. The van der Waals surface area contributed by atoms with E-state index in [4.69, 9.17) is 11.6 Å². The van der Waals surface area contributed by atoms with Crippen LogP contribution in [0.1, 0.15) is 43.9 Å². The molecule has 0 atom stereocenters. The van der Waals surface area contributed by atoms with Crippen molar-refractivity contribution >= 4 is 17.4 Å². The minimum atomic E-state index is 0.000847. The maximum absolute atomic E-state index is 12.6. The van der Waals surface area contributed by atoms with Gasteiger partial charge in [0.05, 0.1) is 5.69 Å². The molecule has 3 heterocycles. The summed E-state index contributed by atoms with van der Waals surface area (Å²) in [6.07, 6.45) is 5.70. The first kappa shape index (κ1) is 20.5. The van der Waals surface area contributed by atoms with Gasteiger partial charge in [0.25, 0.3) is 13.1 Å². The van der Waals surface area contributed by atoms with Crippen LogP contribution in [-0.4, -0.2) is 33.4 Å². The van der Waals surface area contributed by atoms with Crippen molar-refractivity contribution in [3.05, 3.63) is 52.6 Å². The normalized spacial score (nSPS) is 10.8. The minimum absolute atomic E-state index is 0.000847. The summed E-state index contributed by atoms with van der Waals surface area (Å²) in [4.78, 5) is 27.5. The van der Waals surface area contributed by atoms with Crippen molar-refractivity contribution in [1.29, 1.82) is 0 Å². The van der Waals surface area contributed by atoms with Gasteiger partial charge in [0.1, 0.15) is 17.2 Å². The Morgan fingerprint density at radius 3 is 2.66 bits per heavy atom. The van der Waals surface area contributed by atoms with Crippen LogP contribution < -0.4 is 4.90 Å². The van der Waals surface area contributed by atoms with Crippen LogP contribution in [-0.2, 0) is 4.79 Å². The zero-order valence-corrected chi connectivity index (χ0v) is 17.4. The van der Waals surface area contributed by atoms with Crippen LogP contribution in [0.2, 0.25) is 0 Å². The summed E-state index contributed by atoms with van der Waals surface area (Å²) in [5, 5.41) is 0. The Bertz CT molecular complexity index is 1030. The second-order valence-corrected chi connectivity index (χ2v) is 7.36. The molecule has 0 aliphatic carbocycles. The maximum atomic E-state index is 12.6. The van der Waals surface area contributed by atoms with Crippen LogP contribution in [0, 0.1) is 20.4 Å². The highest BCUT2D eigenvalue weighted by Crippen LogP contribution is 2.32. The van der Waals surface area contributed by atoms with Gasteiger partial charge in [0, 0.05) is 31.8 Å². The van der Waals surface area contributed by atoms with E-state index in [-0.39, 0.29) is 5.91 Å². The first-order valence-electron chi connectivity index (χ1n) is 10.1. The fourth-order valence-corrected chi connectivity index (χ4v) is 3.68. The Kier molecular flexibility index (Phi) is 6.61. The number of amides is 1. The van der Waals surface area contributed by atoms with Crippen molar-refractivity contribution in [2.75, 3.05) is 18.0 Å². The Labute approximate surface area is 172 Å². The van der Waals surface area contributed by atoms with Gasteiger partial charge in [-0.15, -0.1) is 0 Å². The summed E-state index contributed by atoms with van der Waals surface area (Å²) in [7, 11) is 0. The summed E-state index contributed by atoms with van der Waals surface area (Å²) in [6, 6.07) is 9.90. The van der Waals surface area contributed by atoms with E-state index in [2.05, 4.69) is 27.2 Å². The second-order valence-electron chi connectivity index (χ2n) is 7.36. The van der Waals surface area contributed by atoms with Gasteiger partial charge in [-0.1, -0.05) is 17.3 Å². The molecular formula is C23H28N5O+. The quantitative estimate of drug-likeness (QED) is 0.515. The molecular weight excluding hydrogens is 362 g/mol. The molecule has 0 N–H and O–H groups in total. The lowest BCUT2D eigenvalue weighted by atomic mass is 10.2. The summed E-state index contributed by atoms with van der Waals surface area (Å²) >= 11 is 0. The molecule has 29 heavy (non-hydrogen) atoms. The number of pyridine rings is 2. The molecule has 0 radical (unpaired) electrons.